The Labute approximate surface area is 163 Å². The summed E-state index contributed by atoms with van der Waals surface area (Å²) in [6, 6.07) is 5.39. The number of nitrogens with one attached hydrogen (secondary N) is 1. The smallest absolute Gasteiger partial charge is 0.321 e. The third-order valence-electron chi connectivity index (χ3n) is 5.69. The van der Waals surface area contributed by atoms with Crippen molar-refractivity contribution in [3.8, 4) is 0 Å². The summed E-state index contributed by atoms with van der Waals surface area (Å²) in [5, 5.41) is 7.53. The van der Waals surface area contributed by atoms with Crippen LogP contribution in [0, 0.1) is 19.3 Å². The second-order valence-electron chi connectivity index (χ2n) is 7.48. The van der Waals surface area contributed by atoms with Crippen LogP contribution in [0.25, 0.3) is 0 Å². The molecule has 1 N–H and O–H groups in total. The Morgan fingerprint density at radius 3 is 2.78 bits per heavy atom. The molecule has 0 unspecified atom stereocenters. The molecule has 1 atom stereocenters. The summed E-state index contributed by atoms with van der Waals surface area (Å²) in [6.45, 7) is 6.31. The Bertz CT molecular complexity index is 847. The molecule has 7 nitrogen and oxygen atoms in total. The lowest BCUT2D eigenvalue weighted by Gasteiger charge is -2.36. The molecule has 27 heavy (non-hydrogen) atoms. The van der Waals surface area contributed by atoms with Gasteiger partial charge in [-0.1, -0.05) is 22.8 Å². The zero-order valence-electron chi connectivity index (χ0n) is 15.5. The first-order valence-corrected chi connectivity index (χ1v) is 9.55. The van der Waals surface area contributed by atoms with Crippen LogP contribution in [0.2, 0.25) is 5.02 Å². The van der Waals surface area contributed by atoms with Gasteiger partial charge in [-0.05, 0) is 44.4 Å². The van der Waals surface area contributed by atoms with Crippen molar-refractivity contribution in [3.63, 3.8) is 0 Å². The maximum atomic E-state index is 12.9. The van der Waals surface area contributed by atoms with E-state index in [0.717, 1.165) is 18.4 Å². The highest BCUT2D eigenvalue weighted by molar-refractivity contribution is 6.31. The van der Waals surface area contributed by atoms with Gasteiger partial charge in [-0.2, -0.15) is 4.98 Å². The number of aryl methyl sites for hydroxylation is 2. The second kappa shape index (κ2) is 7.13. The van der Waals surface area contributed by atoms with E-state index >= 15 is 0 Å². The maximum absolute atomic E-state index is 12.9. The van der Waals surface area contributed by atoms with Crippen molar-refractivity contribution >= 4 is 23.3 Å². The van der Waals surface area contributed by atoms with E-state index in [9.17, 15) is 4.79 Å². The minimum absolute atomic E-state index is 0.0231. The molecule has 1 spiro atoms. The number of halogens is 1. The fraction of sp³-hybridized carbons (Fsp3) is 0.526. The maximum Gasteiger partial charge on any atom is 0.321 e. The highest BCUT2D eigenvalue weighted by Gasteiger charge is 2.51. The molecular weight excluding hydrogens is 368 g/mol. The number of rotatable bonds is 2. The zero-order chi connectivity index (χ0) is 19.0. The van der Waals surface area contributed by atoms with Crippen LogP contribution in [0.5, 0.6) is 0 Å². The summed E-state index contributed by atoms with van der Waals surface area (Å²) in [6.07, 6.45) is 1.75. The van der Waals surface area contributed by atoms with Gasteiger partial charge in [0.05, 0.1) is 5.92 Å². The monoisotopic (exact) mass is 390 g/mol. The largest absolute Gasteiger partial charge is 0.381 e. The van der Waals surface area contributed by atoms with Crippen LogP contribution in [0.4, 0.5) is 10.5 Å². The Morgan fingerprint density at radius 1 is 1.33 bits per heavy atom. The molecule has 2 aliphatic rings. The molecule has 0 saturated carbocycles. The van der Waals surface area contributed by atoms with Crippen molar-refractivity contribution in [1.82, 2.24) is 15.0 Å². The number of ether oxygens (including phenoxy) is 1. The topological polar surface area (TPSA) is 80.5 Å². The number of benzene rings is 1. The normalized spacial score (nSPS) is 21.6. The Hall–Kier alpha value is -2.12. The number of carbonyl (C=O) groups excluding carboxylic acids is 1. The lowest BCUT2D eigenvalue weighted by atomic mass is 9.72. The number of anilines is 1. The fourth-order valence-electron chi connectivity index (χ4n) is 4.08. The van der Waals surface area contributed by atoms with E-state index in [2.05, 4.69) is 15.5 Å². The summed E-state index contributed by atoms with van der Waals surface area (Å²) >= 11 is 6.17. The summed E-state index contributed by atoms with van der Waals surface area (Å²) in [4.78, 5) is 19.2. The molecule has 8 heteroatoms. The zero-order valence-corrected chi connectivity index (χ0v) is 16.3. The van der Waals surface area contributed by atoms with Crippen molar-refractivity contribution in [2.24, 2.45) is 5.41 Å². The number of urea groups is 1. The average Bonchev–Trinajstić information content (AvgIpc) is 3.23. The first-order chi connectivity index (χ1) is 13.0. The molecule has 2 aromatic rings. The van der Waals surface area contributed by atoms with Crippen LogP contribution in [0.15, 0.2) is 22.7 Å². The summed E-state index contributed by atoms with van der Waals surface area (Å²) in [7, 11) is 0. The minimum atomic E-state index is -0.139. The van der Waals surface area contributed by atoms with Gasteiger partial charge in [0.2, 0.25) is 5.89 Å². The molecule has 2 fully saturated rings. The van der Waals surface area contributed by atoms with E-state index in [1.807, 2.05) is 30.9 Å². The van der Waals surface area contributed by atoms with E-state index < -0.39 is 0 Å². The highest BCUT2D eigenvalue weighted by atomic mass is 35.5. The first kappa shape index (κ1) is 18.3. The van der Waals surface area contributed by atoms with Crippen molar-refractivity contribution in [2.45, 2.75) is 32.6 Å². The Morgan fingerprint density at radius 2 is 2.11 bits per heavy atom. The lowest BCUT2D eigenvalue weighted by Crippen LogP contribution is -2.38. The van der Waals surface area contributed by atoms with Crippen molar-refractivity contribution in [3.05, 3.63) is 40.5 Å². The van der Waals surface area contributed by atoms with Gasteiger partial charge in [-0.25, -0.2) is 4.79 Å². The van der Waals surface area contributed by atoms with Crippen molar-refractivity contribution in [1.29, 1.82) is 0 Å². The number of nitrogens with zero attached hydrogens (tertiary/aromatic N) is 3. The minimum Gasteiger partial charge on any atom is -0.381 e. The molecule has 3 heterocycles. The number of likely N-dealkylation sites (tertiary alicyclic amines) is 1. The number of aromatic nitrogens is 2. The first-order valence-electron chi connectivity index (χ1n) is 9.17. The Balaban J connectivity index is 1.55. The molecule has 1 aromatic carbocycles. The summed E-state index contributed by atoms with van der Waals surface area (Å²) < 4.78 is 11.0. The molecule has 2 amide bonds. The third-order valence-corrected chi connectivity index (χ3v) is 6.10. The van der Waals surface area contributed by atoms with Crippen LogP contribution in [-0.2, 0) is 4.74 Å². The van der Waals surface area contributed by atoms with E-state index in [1.165, 1.54) is 0 Å². The van der Waals surface area contributed by atoms with Crippen LogP contribution < -0.4 is 5.32 Å². The molecule has 2 saturated heterocycles. The number of hydrogen-bond donors (Lipinski definition) is 1. The van der Waals surface area contributed by atoms with Crippen molar-refractivity contribution < 1.29 is 14.1 Å². The molecule has 2 aliphatic heterocycles. The van der Waals surface area contributed by atoms with Gasteiger partial charge in [-0.15, -0.1) is 0 Å². The third kappa shape index (κ3) is 3.53. The van der Waals surface area contributed by atoms with Crippen LogP contribution in [-0.4, -0.2) is 47.4 Å². The molecule has 4 rings (SSSR count). The summed E-state index contributed by atoms with van der Waals surface area (Å²) in [5.74, 6) is 1.25. The van der Waals surface area contributed by atoms with Crippen LogP contribution in [0.1, 0.15) is 36.0 Å². The molecule has 144 valence electrons. The average molecular weight is 391 g/mol. The second-order valence-corrected chi connectivity index (χ2v) is 7.89. The molecule has 0 aliphatic carbocycles. The highest BCUT2D eigenvalue weighted by Crippen LogP contribution is 2.49. The number of carbonyl (C=O) groups is 1. The SMILES string of the molecule is Cc1noc([C@@H]2CN(C(=O)Nc3ccc(C)c(Cl)c3)CC23CCOCC3)n1. The standard InChI is InChI=1S/C19H23ClN4O3/c1-12-3-4-14(9-16(12)20)22-18(25)24-10-15(17-21-13(2)23-27-17)19(11-24)5-7-26-8-6-19/h3-4,9,15H,5-8,10-11H2,1-2H3,(H,22,25)/t15-/m0/s1. The van der Waals surface area contributed by atoms with E-state index in [4.69, 9.17) is 20.9 Å². The molecular formula is C19H23ClN4O3. The van der Waals surface area contributed by atoms with E-state index in [0.29, 0.717) is 48.7 Å². The number of amides is 2. The fourth-order valence-corrected chi connectivity index (χ4v) is 4.26. The van der Waals surface area contributed by atoms with Crippen molar-refractivity contribution in [2.75, 3.05) is 31.6 Å². The van der Waals surface area contributed by atoms with Gasteiger partial charge < -0.3 is 19.5 Å². The summed E-state index contributed by atoms with van der Waals surface area (Å²) in [5.41, 5.74) is 1.58. The molecule has 0 bridgehead atoms. The van der Waals surface area contributed by atoms with Gasteiger partial charge in [-0.3, -0.25) is 0 Å². The van der Waals surface area contributed by atoms with Crippen LogP contribution in [0.3, 0.4) is 0 Å². The molecule has 0 radical (unpaired) electrons. The predicted octanol–water partition coefficient (Wildman–Crippen LogP) is 3.77. The van der Waals surface area contributed by atoms with Gasteiger partial charge in [0.15, 0.2) is 5.82 Å². The predicted molar refractivity (Wildman–Crippen MR) is 101 cm³/mol. The Kier molecular flexibility index (Phi) is 4.82. The van der Waals surface area contributed by atoms with Gasteiger partial charge in [0.25, 0.3) is 0 Å². The van der Waals surface area contributed by atoms with Crippen LogP contribution >= 0.6 is 11.6 Å². The number of hydrogen-bond acceptors (Lipinski definition) is 5. The quantitative estimate of drug-likeness (QED) is 0.844. The van der Waals surface area contributed by atoms with E-state index in [-0.39, 0.29) is 17.4 Å². The van der Waals surface area contributed by atoms with E-state index in [1.54, 1.807) is 6.07 Å². The van der Waals surface area contributed by atoms with Gasteiger partial charge >= 0.3 is 6.03 Å². The van der Waals surface area contributed by atoms with Gasteiger partial charge in [0.1, 0.15) is 0 Å². The molecule has 1 aromatic heterocycles. The lowest BCUT2D eigenvalue weighted by molar-refractivity contribution is 0.00959. The van der Waals surface area contributed by atoms with Gasteiger partial charge in [0, 0.05) is 42.4 Å².